The van der Waals surface area contributed by atoms with Crippen molar-refractivity contribution in [2.75, 3.05) is 6.54 Å². The van der Waals surface area contributed by atoms with Crippen LogP contribution >= 0.6 is 11.6 Å². The van der Waals surface area contributed by atoms with E-state index >= 15 is 0 Å². The lowest BCUT2D eigenvalue weighted by molar-refractivity contribution is -0.122. The first-order valence-electron chi connectivity index (χ1n) is 6.07. The van der Waals surface area contributed by atoms with E-state index in [9.17, 15) is 9.59 Å². The van der Waals surface area contributed by atoms with E-state index in [4.69, 9.17) is 17.3 Å². The molecule has 19 heavy (non-hydrogen) atoms. The summed E-state index contributed by atoms with van der Waals surface area (Å²) in [6, 6.07) is 6.28. The van der Waals surface area contributed by atoms with Crippen molar-refractivity contribution in [2.24, 2.45) is 5.73 Å². The Kier molecular flexibility index (Phi) is 6.15. The summed E-state index contributed by atoms with van der Waals surface area (Å²) in [4.78, 5) is 22.1. The second kappa shape index (κ2) is 7.63. The second-order valence-corrected chi connectivity index (χ2v) is 4.69. The molecule has 6 heteroatoms. The number of nitrogens with one attached hydrogen (secondary N) is 2. The lowest BCUT2D eigenvalue weighted by atomic mass is 10.1. The molecule has 1 rings (SSSR count). The molecule has 1 atom stereocenters. The number of rotatable bonds is 6. The molecule has 0 fully saturated rings. The molecular formula is C13H18ClN3O2. The Labute approximate surface area is 117 Å². The first-order chi connectivity index (χ1) is 8.99. The molecule has 104 valence electrons. The van der Waals surface area contributed by atoms with Gasteiger partial charge in [-0.25, -0.2) is 4.79 Å². The van der Waals surface area contributed by atoms with Crippen molar-refractivity contribution in [3.63, 3.8) is 0 Å². The molecule has 0 spiro atoms. The third-order valence-electron chi connectivity index (χ3n) is 2.61. The molecular weight excluding hydrogens is 266 g/mol. The number of carbonyl (C=O) groups is 2. The average Bonchev–Trinajstić information content (AvgIpc) is 2.35. The zero-order valence-corrected chi connectivity index (χ0v) is 11.5. The SMILES string of the molecule is C[C@H](NC(N)=O)C(=O)NCCCc1ccc(Cl)cc1. The Morgan fingerprint density at radius 1 is 1.32 bits per heavy atom. The Morgan fingerprint density at radius 3 is 2.53 bits per heavy atom. The van der Waals surface area contributed by atoms with Crippen molar-refractivity contribution in [2.45, 2.75) is 25.8 Å². The fourth-order valence-corrected chi connectivity index (χ4v) is 1.71. The molecule has 0 saturated carbocycles. The van der Waals surface area contributed by atoms with Crippen LogP contribution in [0.25, 0.3) is 0 Å². The minimum Gasteiger partial charge on any atom is -0.354 e. The minimum absolute atomic E-state index is 0.241. The van der Waals surface area contributed by atoms with E-state index in [1.807, 2.05) is 24.3 Å². The molecule has 0 aliphatic carbocycles. The van der Waals surface area contributed by atoms with Gasteiger partial charge in [0.2, 0.25) is 5.91 Å². The summed E-state index contributed by atoms with van der Waals surface area (Å²) in [5.74, 6) is -0.241. The average molecular weight is 284 g/mol. The summed E-state index contributed by atoms with van der Waals surface area (Å²) in [6.07, 6.45) is 1.67. The van der Waals surface area contributed by atoms with Crippen LogP contribution in [0.2, 0.25) is 5.02 Å². The van der Waals surface area contributed by atoms with Crippen LogP contribution < -0.4 is 16.4 Å². The number of amides is 3. The maximum Gasteiger partial charge on any atom is 0.312 e. The largest absolute Gasteiger partial charge is 0.354 e. The molecule has 5 nitrogen and oxygen atoms in total. The molecule has 1 aromatic carbocycles. The normalized spacial score (nSPS) is 11.7. The summed E-state index contributed by atoms with van der Waals surface area (Å²) in [5.41, 5.74) is 6.10. The lowest BCUT2D eigenvalue weighted by Crippen LogP contribution is -2.46. The molecule has 3 amide bonds. The lowest BCUT2D eigenvalue weighted by Gasteiger charge is -2.12. The van der Waals surface area contributed by atoms with E-state index < -0.39 is 12.1 Å². The number of aryl methyl sites for hydroxylation is 1. The van der Waals surface area contributed by atoms with Crippen LogP contribution in [0.15, 0.2) is 24.3 Å². The van der Waals surface area contributed by atoms with Gasteiger partial charge in [0.15, 0.2) is 0 Å². The van der Waals surface area contributed by atoms with Gasteiger partial charge in [0.05, 0.1) is 0 Å². The van der Waals surface area contributed by atoms with Gasteiger partial charge in [0.25, 0.3) is 0 Å². The number of benzene rings is 1. The highest BCUT2D eigenvalue weighted by molar-refractivity contribution is 6.30. The molecule has 0 aliphatic heterocycles. The van der Waals surface area contributed by atoms with Crippen LogP contribution in [0.3, 0.4) is 0 Å². The Bertz CT molecular complexity index is 434. The second-order valence-electron chi connectivity index (χ2n) is 4.25. The molecule has 0 heterocycles. The van der Waals surface area contributed by atoms with Crippen LogP contribution in [-0.4, -0.2) is 24.5 Å². The summed E-state index contributed by atoms with van der Waals surface area (Å²) >= 11 is 5.79. The van der Waals surface area contributed by atoms with Crippen molar-refractivity contribution >= 4 is 23.5 Å². The summed E-state index contributed by atoms with van der Waals surface area (Å²) < 4.78 is 0. The number of primary amides is 1. The van der Waals surface area contributed by atoms with Gasteiger partial charge in [-0.15, -0.1) is 0 Å². The fraction of sp³-hybridized carbons (Fsp3) is 0.385. The molecule has 0 saturated heterocycles. The third-order valence-corrected chi connectivity index (χ3v) is 2.86. The monoisotopic (exact) mass is 283 g/mol. The summed E-state index contributed by atoms with van der Waals surface area (Å²) in [7, 11) is 0. The predicted octanol–water partition coefficient (Wildman–Crippen LogP) is 1.45. The van der Waals surface area contributed by atoms with E-state index in [0.717, 1.165) is 12.8 Å². The molecule has 0 aromatic heterocycles. The zero-order valence-electron chi connectivity index (χ0n) is 10.8. The molecule has 1 aromatic rings. The van der Waals surface area contributed by atoms with Crippen LogP contribution in [0.4, 0.5) is 4.79 Å². The number of nitrogens with two attached hydrogens (primary N) is 1. The summed E-state index contributed by atoms with van der Waals surface area (Å²) in [6.45, 7) is 2.13. The van der Waals surface area contributed by atoms with Crippen LogP contribution in [0, 0.1) is 0 Å². The van der Waals surface area contributed by atoms with Crippen LogP contribution in [-0.2, 0) is 11.2 Å². The van der Waals surface area contributed by atoms with Gasteiger partial charge in [-0.2, -0.15) is 0 Å². The molecule has 0 unspecified atom stereocenters. The molecule has 4 N–H and O–H groups in total. The Hall–Kier alpha value is -1.75. The van der Waals surface area contributed by atoms with Crippen molar-refractivity contribution in [1.29, 1.82) is 0 Å². The number of carbonyl (C=O) groups excluding carboxylic acids is 2. The van der Waals surface area contributed by atoms with Gasteiger partial charge >= 0.3 is 6.03 Å². The zero-order chi connectivity index (χ0) is 14.3. The van der Waals surface area contributed by atoms with E-state index in [-0.39, 0.29) is 5.91 Å². The van der Waals surface area contributed by atoms with Crippen molar-refractivity contribution in [3.8, 4) is 0 Å². The minimum atomic E-state index is -0.705. The van der Waals surface area contributed by atoms with Gasteiger partial charge in [-0.05, 0) is 37.5 Å². The topological polar surface area (TPSA) is 84.2 Å². The highest BCUT2D eigenvalue weighted by atomic mass is 35.5. The highest BCUT2D eigenvalue weighted by Gasteiger charge is 2.12. The maximum absolute atomic E-state index is 11.5. The standard InChI is InChI=1S/C13H18ClN3O2/c1-9(17-13(15)19)12(18)16-8-2-3-10-4-6-11(14)7-5-10/h4-7,9H,2-3,8H2,1H3,(H,16,18)(H3,15,17,19)/t9-/m0/s1. The fourth-order valence-electron chi connectivity index (χ4n) is 1.59. The molecule has 0 aliphatic rings. The van der Waals surface area contributed by atoms with Gasteiger partial charge in [-0.3, -0.25) is 4.79 Å². The predicted molar refractivity (Wildman–Crippen MR) is 75.0 cm³/mol. The summed E-state index contributed by atoms with van der Waals surface area (Å²) in [5, 5.41) is 5.77. The van der Waals surface area contributed by atoms with E-state index in [0.29, 0.717) is 11.6 Å². The van der Waals surface area contributed by atoms with Crippen molar-refractivity contribution < 1.29 is 9.59 Å². The number of urea groups is 1. The van der Waals surface area contributed by atoms with Crippen LogP contribution in [0.1, 0.15) is 18.9 Å². The number of hydrogen-bond acceptors (Lipinski definition) is 2. The smallest absolute Gasteiger partial charge is 0.312 e. The Balaban J connectivity index is 2.21. The van der Waals surface area contributed by atoms with Gasteiger partial charge in [0, 0.05) is 11.6 Å². The highest BCUT2D eigenvalue weighted by Crippen LogP contribution is 2.10. The van der Waals surface area contributed by atoms with Gasteiger partial charge in [0.1, 0.15) is 6.04 Å². The van der Waals surface area contributed by atoms with E-state index in [1.165, 1.54) is 5.56 Å². The first kappa shape index (κ1) is 15.3. The molecule has 0 radical (unpaired) electrons. The molecule has 0 bridgehead atoms. The first-order valence-corrected chi connectivity index (χ1v) is 6.45. The van der Waals surface area contributed by atoms with Crippen molar-refractivity contribution in [1.82, 2.24) is 10.6 Å². The third kappa shape index (κ3) is 6.10. The van der Waals surface area contributed by atoms with E-state index in [1.54, 1.807) is 6.92 Å². The number of halogens is 1. The van der Waals surface area contributed by atoms with E-state index in [2.05, 4.69) is 10.6 Å². The number of hydrogen-bond donors (Lipinski definition) is 3. The van der Waals surface area contributed by atoms with Crippen molar-refractivity contribution in [3.05, 3.63) is 34.9 Å². The van der Waals surface area contributed by atoms with Crippen LogP contribution in [0.5, 0.6) is 0 Å². The quantitative estimate of drug-likeness (QED) is 0.690. The Morgan fingerprint density at radius 2 is 1.95 bits per heavy atom. The van der Waals surface area contributed by atoms with Gasteiger partial charge < -0.3 is 16.4 Å². The maximum atomic E-state index is 11.5. The van der Waals surface area contributed by atoms with Gasteiger partial charge in [-0.1, -0.05) is 23.7 Å².